The zero-order valence-corrected chi connectivity index (χ0v) is 11.8. The van der Waals surface area contributed by atoms with Crippen molar-refractivity contribution in [3.63, 3.8) is 0 Å². The molecule has 1 aromatic heterocycles. The van der Waals surface area contributed by atoms with Gasteiger partial charge in [-0.3, -0.25) is 11.3 Å². The van der Waals surface area contributed by atoms with Crippen LogP contribution in [0.15, 0.2) is 24.3 Å². The van der Waals surface area contributed by atoms with Crippen LogP contribution < -0.4 is 11.3 Å². The summed E-state index contributed by atoms with van der Waals surface area (Å²) in [5.41, 5.74) is 6.46. The summed E-state index contributed by atoms with van der Waals surface area (Å²) in [6.07, 6.45) is 0.832. The number of nitrogens with two attached hydrogens (primary N) is 1. The average Bonchev–Trinajstić information content (AvgIpc) is 2.67. The first-order valence-electron chi connectivity index (χ1n) is 6.05. The second-order valence-electron chi connectivity index (χ2n) is 4.58. The van der Waals surface area contributed by atoms with E-state index in [1.807, 2.05) is 6.92 Å². The molecule has 2 aromatic rings. The third-order valence-corrected chi connectivity index (χ3v) is 4.23. The van der Waals surface area contributed by atoms with Crippen molar-refractivity contribution >= 4 is 11.3 Å². The lowest BCUT2D eigenvalue weighted by molar-refractivity contribution is 0.550. The highest BCUT2D eigenvalue weighted by Gasteiger charge is 2.13. The van der Waals surface area contributed by atoms with Crippen molar-refractivity contribution in [2.75, 3.05) is 0 Å². The Bertz CT molecular complexity index is 497. The first-order valence-corrected chi connectivity index (χ1v) is 6.87. The normalized spacial score (nSPS) is 12.7. The van der Waals surface area contributed by atoms with Crippen LogP contribution in [0.25, 0.3) is 0 Å². The fourth-order valence-electron chi connectivity index (χ4n) is 1.87. The summed E-state index contributed by atoms with van der Waals surface area (Å²) < 4.78 is 0. The first-order chi connectivity index (χ1) is 8.60. The molecule has 18 heavy (non-hydrogen) atoms. The SMILES string of the molecule is Cc1ccc(C(Cc2nc(C)c(C)s2)NN)cc1. The Labute approximate surface area is 112 Å². The van der Waals surface area contributed by atoms with Crippen LogP contribution in [0.4, 0.5) is 0 Å². The van der Waals surface area contributed by atoms with E-state index in [-0.39, 0.29) is 6.04 Å². The van der Waals surface area contributed by atoms with Gasteiger partial charge in [-0.1, -0.05) is 29.8 Å². The maximum absolute atomic E-state index is 5.66. The maximum Gasteiger partial charge on any atom is 0.0950 e. The zero-order valence-electron chi connectivity index (χ0n) is 11.0. The molecule has 3 N–H and O–H groups in total. The number of nitrogens with one attached hydrogen (secondary N) is 1. The Morgan fingerprint density at radius 3 is 2.39 bits per heavy atom. The van der Waals surface area contributed by atoms with E-state index >= 15 is 0 Å². The molecule has 0 aliphatic carbocycles. The number of nitrogens with zero attached hydrogens (tertiary/aromatic N) is 1. The second-order valence-corrected chi connectivity index (χ2v) is 5.87. The number of rotatable bonds is 4. The number of benzene rings is 1. The molecule has 0 amide bonds. The van der Waals surface area contributed by atoms with Gasteiger partial charge in [0.25, 0.3) is 0 Å². The summed E-state index contributed by atoms with van der Waals surface area (Å²) >= 11 is 1.75. The van der Waals surface area contributed by atoms with E-state index in [2.05, 4.69) is 48.5 Å². The first kappa shape index (κ1) is 13.2. The topological polar surface area (TPSA) is 50.9 Å². The molecule has 2 rings (SSSR count). The van der Waals surface area contributed by atoms with Gasteiger partial charge in [0.05, 0.1) is 16.7 Å². The predicted molar refractivity (Wildman–Crippen MR) is 76.5 cm³/mol. The highest BCUT2D eigenvalue weighted by atomic mass is 32.1. The van der Waals surface area contributed by atoms with E-state index in [4.69, 9.17) is 5.84 Å². The molecule has 0 bridgehead atoms. The Morgan fingerprint density at radius 1 is 1.22 bits per heavy atom. The minimum atomic E-state index is 0.121. The highest BCUT2D eigenvalue weighted by molar-refractivity contribution is 7.11. The van der Waals surface area contributed by atoms with Gasteiger partial charge in [-0.05, 0) is 26.3 Å². The van der Waals surface area contributed by atoms with E-state index in [1.165, 1.54) is 16.0 Å². The molecular weight excluding hydrogens is 242 g/mol. The molecule has 96 valence electrons. The van der Waals surface area contributed by atoms with Crippen molar-refractivity contribution in [3.8, 4) is 0 Å². The summed E-state index contributed by atoms with van der Waals surface area (Å²) in [7, 11) is 0. The smallest absolute Gasteiger partial charge is 0.0950 e. The number of aryl methyl sites for hydroxylation is 3. The van der Waals surface area contributed by atoms with Crippen molar-refractivity contribution in [2.24, 2.45) is 5.84 Å². The Balaban J connectivity index is 2.16. The fourth-order valence-corrected chi connectivity index (χ4v) is 2.85. The standard InChI is InChI=1S/C14H19N3S/c1-9-4-6-12(7-5-9)13(17-15)8-14-16-10(2)11(3)18-14/h4-7,13,17H,8,15H2,1-3H3. The van der Waals surface area contributed by atoms with Gasteiger partial charge in [0.2, 0.25) is 0 Å². The van der Waals surface area contributed by atoms with Crippen LogP contribution in [-0.4, -0.2) is 4.98 Å². The summed E-state index contributed by atoms with van der Waals surface area (Å²) in [4.78, 5) is 5.85. The van der Waals surface area contributed by atoms with Crippen LogP contribution in [0, 0.1) is 20.8 Å². The number of hydrogen-bond donors (Lipinski definition) is 2. The van der Waals surface area contributed by atoms with Crippen LogP contribution in [-0.2, 0) is 6.42 Å². The molecule has 0 aliphatic rings. The van der Waals surface area contributed by atoms with Crippen LogP contribution in [0.2, 0.25) is 0 Å². The third-order valence-electron chi connectivity index (χ3n) is 3.13. The number of hydrogen-bond acceptors (Lipinski definition) is 4. The molecule has 1 heterocycles. The van der Waals surface area contributed by atoms with Gasteiger partial charge in [-0.15, -0.1) is 11.3 Å². The van der Waals surface area contributed by atoms with E-state index in [0.717, 1.165) is 17.1 Å². The summed E-state index contributed by atoms with van der Waals surface area (Å²) in [5, 5.41) is 1.13. The minimum absolute atomic E-state index is 0.121. The number of hydrazine groups is 1. The molecule has 4 heteroatoms. The van der Waals surface area contributed by atoms with Gasteiger partial charge in [0.15, 0.2) is 0 Å². The van der Waals surface area contributed by atoms with Crippen LogP contribution >= 0.6 is 11.3 Å². The lowest BCUT2D eigenvalue weighted by atomic mass is 10.0. The van der Waals surface area contributed by atoms with Crippen molar-refractivity contribution in [1.82, 2.24) is 10.4 Å². The van der Waals surface area contributed by atoms with Crippen LogP contribution in [0.1, 0.15) is 32.7 Å². The van der Waals surface area contributed by atoms with Gasteiger partial charge in [0, 0.05) is 11.3 Å². The molecule has 3 nitrogen and oxygen atoms in total. The number of aromatic nitrogens is 1. The lowest BCUT2D eigenvalue weighted by Gasteiger charge is -2.15. The summed E-state index contributed by atoms with van der Waals surface area (Å²) in [6.45, 7) is 6.24. The van der Waals surface area contributed by atoms with E-state index in [0.29, 0.717) is 0 Å². The van der Waals surface area contributed by atoms with Crippen molar-refractivity contribution in [2.45, 2.75) is 33.2 Å². The van der Waals surface area contributed by atoms with Gasteiger partial charge < -0.3 is 0 Å². The minimum Gasteiger partial charge on any atom is -0.271 e. The highest BCUT2D eigenvalue weighted by Crippen LogP contribution is 2.23. The van der Waals surface area contributed by atoms with E-state index in [9.17, 15) is 0 Å². The van der Waals surface area contributed by atoms with Crippen LogP contribution in [0.5, 0.6) is 0 Å². The van der Waals surface area contributed by atoms with E-state index < -0.39 is 0 Å². The van der Waals surface area contributed by atoms with Gasteiger partial charge in [-0.25, -0.2) is 4.98 Å². The monoisotopic (exact) mass is 261 g/mol. The molecule has 1 unspecified atom stereocenters. The molecule has 0 fully saturated rings. The van der Waals surface area contributed by atoms with Crippen molar-refractivity contribution in [3.05, 3.63) is 51.0 Å². The van der Waals surface area contributed by atoms with Gasteiger partial charge >= 0.3 is 0 Å². The Morgan fingerprint density at radius 2 is 1.89 bits per heavy atom. The summed E-state index contributed by atoms with van der Waals surface area (Å²) in [6, 6.07) is 8.58. The Hall–Kier alpha value is -1.23. The number of thiazole rings is 1. The molecule has 0 radical (unpaired) electrons. The molecular formula is C14H19N3S. The second kappa shape index (κ2) is 5.61. The molecule has 0 saturated heterocycles. The molecule has 0 spiro atoms. The van der Waals surface area contributed by atoms with Gasteiger partial charge in [-0.2, -0.15) is 0 Å². The van der Waals surface area contributed by atoms with Gasteiger partial charge in [0.1, 0.15) is 0 Å². The van der Waals surface area contributed by atoms with Crippen LogP contribution in [0.3, 0.4) is 0 Å². The lowest BCUT2D eigenvalue weighted by Crippen LogP contribution is -2.29. The predicted octanol–water partition coefficient (Wildman–Crippen LogP) is 2.82. The van der Waals surface area contributed by atoms with E-state index in [1.54, 1.807) is 11.3 Å². The Kier molecular flexibility index (Phi) is 4.11. The quantitative estimate of drug-likeness (QED) is 0.657. The molecule has 1 atom stereocenters. The average molecular weight is 261 g/mol. The maximum atomic E-state index is 5.66. The largest absolute Gasteiger partial charge is 0.271 e. The molecule has 0 saturated carbocycles. The summed E-state index contributed by atoms with van der Waals surface area (Å²) in [5.74, 6) is 5.66. The molecule has 1 aromatic carbocycles. The fraction of sp³-hybridized carbons (Fsp3) is 0.357. The van der Waals surface area contributed by atoms with Crippen molar-refractivity contribution < 1.29 is 0 Å². The third kappa shape index (κ3) is 2.96. The molecule has 0 aliphatic heterocycles. The zero-order chi connectivity index (χ0) is 13.1. The van der Waals surface area contributed by atoms with Crippen molar-refractivity contribution in [1.29, 1.82) is 0 Å².